The number of ether oxygens (including phenoxy) is 2. The number of sulfonamides is 1. The summed E-state index contributed by atoms with van der Waals surface area (Å²) in [4.78, 5) is 39.9. The number of halogens is 1. The van der Waals surface area contributed by atoms with E-state index in [1.807, 2.05) is 0 Å². The van der Waals surface area contributed by atoms with E-state index in [2.05, 4.69) is 26.2 Å². The number of anilines is 1. The number of hydrogen-bond acceptors (Lipinski definition) is 10. The fourth-order valence-corrected chi connectivity index (χ4v) is 9.72. The molecule has 5 aliphatic heterocycles. The number of piperidine rings is 1. The summed E-state index contributed by atoms with van der Waals surface area (Å²) in [5.74, 6) is -1.64. The van der Waals surface area contributed by atoms with Gasteiger partial charge in [0.2, 0.25) is 5.88 Å². The molecule has 13 nitrogen and oxygen atoms in total. The first-order valence-corrected chi connectivity index (χ1v) is 18.6. The summed E-state index contributed by atoms with van der Waals surface area (Å²) < 4.78 is 54.0. The minimum absolute atomic E-state index is 0.0218. The topological polar surface area (TPSA) is 148 Å². The number of nitriles is 1. The first-order chi connectivity index (χ1) is 24.6. The first-order valence-electron chi connectivity index (χ1n) is 17.2. The normalized spacial score (nSPS) is 23.6. The van der Waals surface area contributed by atoms with Gasteiger partial charge in [0.15, 0.2) is 5.54 Å². The average molecular weight is 716 g/mol. The van der Waals surface area contributed by atoms with E-state index in [1.54, 1.807) is 24.0 Å². The van der Waals surface area contributed by atoms with Gasteiger partial charge in [-0.25, -0.2) is 22.6 Å². The van der Waals surface area contributed by atoms with Gasteiger partial charge < -0.3 is 19.7 Å². The quantitative estimate of drug-likeness (QED) is 0.369. The summed E-state index contributed by atoms with van der Waals surface area (Å²) in [6, 6.07) is 14.0. The summed E-state index contributed by atoms with van der Waals surface area (Å²) in [5, 5.41) is 12.8. The average Bonchev–Trinajstić information content (AvgIpc) is 3.31. The molecule has 0 radical (unpaired) electrons. The number of carbonyl (C=O) groups excluding carboxylic acids is 2. The van der Waals surface area contributed by atoms with Gasteiger partial charge in [0.05, 0.1) is 53.6 Å². The molecule has 0 saturated carbocycles. The van der Waals surface area contributed by atoms with Crippen LogP contribution < -0.4 is 14.4 Å². The van der Waals surface area contributed by atoms with Crippen molar-refractivity contribution in [2.75, 3.05) is 63.4 Å². The van der Waals surface area contributed by atoms with Gasteiger partial charge in [0, 0.05) is 62.5 Å². The number of hydrogen-bond donors (Lipinski definition) is 1. The minimum atomic E-state index is -4.63. The number of benzene rings is 2. The zero-order chi connectivity index (χ0) is 35.5. The van der Waals surface area contributed by atoms with Crippen LogP contribution in [0.3, 0.4) is 0 Å². The number of pyridine rings is 1. The molecule has 4 fully saturated rings. The first kappa shape index (κ1) is 33.5. The molecule has 5 aliphatic rings. The summed E-state index contributed by atoms with van der Waals surface area (Å²) in [7, 11) is -4.63. The standard InChI is InChI=1S/C36H38FN7O6S/c1-2-50-32-29(4-3-13-39-32)36(30-16-24(17-38)5-10-31(30)44(33(36)45)51(47,48)28-8-6-25(37)7-9-28)40-34(46)43-22-35(23-43)20-42(21-35)26-11-14-41(15-12-26)27-18-49-19-27/h3-10,13,16,26-27H,2,11-12,14-15,18-23H2,1H3,(H,40,46). The Bertz CT molecular complexity index is 2020. The number of carbonyl (C=O) groups is 2. The number of urea groups is 1. The lowest BCUT2D eigenvalue weighted by Crippen LogP contribution is -2.76. The van der Waals surface area contributed by atoms with Crippen LogP contribution in [0.1, 0.15) is 36.5 Å². The zero-order valence-electron chi connectivity index (χ0n) is 28.1. The molecule has 3 amide bonds. The van der Waals surface area contributed by atoms with E-state index >= 15 is 0 Å². The van der Waals surface area contributed by atoms with Gasteiger partial charge in [-0.3, -0.25) is 14.6 Å². The largest absolute Gasteiger partial charge is 0.478 e. The number of nitrogens with zero attached hydrogens (tertiary/aromatic N) is 6. The number of likely N-dealkylation sites (tertiary alicyclic amines) is 3. The SMILES string of the molecule is CCOc1ncccc1C1(NC(=O)N2CC3(C2)CN(C2CCN(C4COC4)CC2)C3)C(=O)N(S(=O)(=O)c2ccc(F)cc2)c2ccc(C#N)cc21. The van der Waals surface area contributed by atoms with Gasteiger partial charge in [-0.2, -0.15) is 9.57 Å². The van der Waals surface area contributed by atoms with E-state index in [0.717, 1.165) is 76.5 Å². The molecule has 15 heteroatoms. The van der Waals surface area contributed by atoms with Gasteiger partial charge in [0.1, 0.15) is 5.82 Å². The van der Waals surface area contributed by atoms with Crippen molar-refractivity contribution in [1.29, 1.82) is 5.26 Å². The molecule has 0 bridgehead atoms. The van der Waals surface area contributed by atoms with Gasteiger partial charge in [-0.05, 0) is 74.4 Å². The second-order valence-corrected chi connectivity index (χ2v) is 15.8. The van der Waals surface area contributed by atoms with Crippen LogP contribution in [0.15, 0.2) is 65.7 Å². The third-order valence-electron chi connectivity index (χ3n) is 10.9. The van der Waals surface area contributed by atoms with E-state index in [-0.39, 0.29) is 45.2 Å². The molecule has 1 spiro atoms. The van der Waals surface area contributed by atoms with Crippen LogP contribution in [0.25, 0.3) is 0 Å². The van der Waals surface area contributed by atoms with Gasteiger partial charge in [0.25, 0.3) is 15.9 Å². The highest BCUT2D eigenvalue weighted by Crippen LogP contribution is 2.50. The molecular weight excluding hydrogens is 678 g/mol. The molecule has 2 aromatic carbocycles. The van der Waals surface area contributed by atoms with Crippen molar-refractivity contribution in [1.82, 2.24) is 25.0 Å². The lowest BCUT2D eigenvalue weighted by atomic mass is 9.71. The fraction of sp³-hybridized carbons (Fsp3) is 0.444. The molecule has 0 aliphatic carbocycles. The second-order valence-electron chi connectivity index (χ2n) is 14.1. The molecule has 3 aromatic rings. The van der Waals surface area contributed by atoms with Crippen molar-refractivity contribution in [3.05, 3.63) is 83.3 Å². The van der Waals surface area contributed by atoms with Crippen LogP contribution in [0.4, 0.5) is 14.9 Å². The van der Waals surface area contributed by atoms with Crippen molar-refractivity contribution >= 4 is 27.6 Å². The lowest BCUT2D eigenvalue weighted by Gasteiger charge is -2.62. The highest BCUT2D eigenvalue weighted by Gasteiger charge is 2.61. The molecule has 1 unspecified atom stereocenters. The van der Waals surface area contributed by atoms with Crippen molar-refractivity contribution in [2.24, 2.45) is 5.41 Å². The maximum absolute atomic E-state index is 14.9. The zero-order valence-corrected chi connectivity index (χ0v) is 28.9. The summed E-state index contributed by atoms with van der Waals surface area (Å²) in [6.45, 7) is 8.40. The predicted molar refractivity (Wildman–Crippen MR) is 182 cm³/mol. The third-order valence-corrected chi connectivity index (χ3v) is 12.6. The molecule has 1 aromatic heterocycles. The Morgan fingerprint density at radius 3 is 2.41 bits per heavy atom. The predicted octanol–water partition coefficient (Wildman–Crippen LogP) is 2.66. The van der Waals surface area contributed by atoms with Crippen molar-refractivity contribution in [3.8, 4) is 11.9 Å². The van der Waals surface area contributed by atoms with E-state index in [4.69, 9.17) is 9.47 Å². The van der Waals surface area contributed by atoms with E-state index in [0.29, 0.717) is 29.5 Å². The minimum Gasteiger partial charge on any atom is -0.478 e. The molecule has 6 heterocycles. The summed E-state index contributed by atoms with van der Waals surface area (Å²) >= 11 is 0. The molecular formula is C36H38FN7O6S. The Kier molecular flexibility index (Phi) is 8.25. The number of rotatable bonds is 8. The van der Waals surface area contributed by atoms with Crippen LogP contribution >= 0.6 is 0 Å². The van der Waals surface area contributed by atoms with Crippen LogP contribution in [-0.4, -0.2) is 111 Å². The Labute approximate surface area is 295 Å². The number of fused-ring (bicyclic) bond motifs is 1. The van der Waals surface area contributed by atoms with Gasteiger partial charge in [-0.15, -0.1) is 0 Å². The van der Waals surface area contributed by atoms with Gasteiger partial charge >= 0.3 is 6.03 Å². The Morgan fingerprint density at radius 2 is 1.76 bits per heavy atom. The number of nitrogens with one attached hydrogen (secondary N) is 1. The molecule has 266 valence electrons. The van der Waals surface area contributed by atoms with Crippen LogP contribution in [0.2, 0.25) is 0 Å². The Balaban J connectivity index is 1.09. The molecule has 51 heavy (non-hydrogen) atoms. The third kappa shape index (κ3) is 5.43. The lowest BCUT2D eigenvalue weighted by molar-refractivity contribution is -0.129. The molecule has 8 rings (SSSR count). The van der Waals surface area contributed by atoms with Crippen LogP contribution in [0.5, 0.6) is 5.88 Å². The smallest absolute Gasteiger partial charge is 0.318 e. The summed E-state index contributed by atoms with van der Waals surface area (Å²) in [5.41, 5.74) is -1.91. The van der Waals surface area contributed by atoms with Crippen molar-refractivity contribution in [2.45, 2.75) is 42.3 Å². The maximum Gasteiger partial charge on any atom is 0.318 e. The molecule has 1 N–H and O–H groups in total. The van der Waals surface area contributed by atoms with E-state index < -0.39 is 33.3 Å². The summed E-state index contributed by atoms with van der Waals surface area (Å²) in [6.07, 6.45) is 3.68. The van der Waals surface area contributed by atoms with Crippen LogP contribution in [-0.2, 0) is 25.1 Å². The highest BCUT2D eigenvalue weighted by molar-refractivity contribution is 7.93. The number of amides is 3. The molecule has 4 saturated heterocycles. The van der Waals surface area contributed by atoms with E-state index in [9.17, 15) is 27.7 Å². The molecule has 1 atom stereocenters. The number of aromatic nitrogens is 1. The van der Waals surface area contributed by atoms with Crippen molar-refractivity contribution < 1.29 is 31.9 Å². The fourth-order valence-electron chi connectivity index (χ4n) is 8.26. The van der Waals surface area contributed by atoms with E-state index in [1.165, 1.54) is 24.4 Å². The maximum atomic E-state index is 14.9. The Morgan fingerprint density at radius 1 is 1.04 bits per heavy atom. The van der Waals surface area contributed by atoms with Crippen LogP contribution in [0, 0.1) is 22.6 Å². The second kappa shape index (κ2) is 12.6. The van der Waals surface area contributed by atoms with Gasteiger partial charge in [-0.1, -0.05) is 0 Å². The Hall–Kier alpha value is -4.62. The van der Waals surface area contributed by atoms with Crippen molar-refractivity contribution in [3.63, 3.8) is 0 Å². The highest BCUT2D eigenvalue weighted by atomic mass is 32.2. The monoisotopic (exact) mass is 715 g/mol.